The Balaban J connectivity index is 2.08. The molecule has 206 valence electrons. The summed E-state index contributed by atoms with van der Waals surface area (Å²) in [5.41, 5.74) is 4.87. The number of aliphatic hydroxyl groups is 1. The molecule has 0 saturated heterocycles. The molecule has 0 aliphatic heterocycles. The van der Waals surface area contributed by atoms with Gasteiger partial charge in [-0.25, -0.2) is 9.59 Å². The van der Waals surface area contributed by atoms with Crippen molar-refractivity contribution in [1.29, 1.82) is 0 Å². The highest BCUT2D eigenvalue weighted by Gasteiger charge is 2.26. The summed E-state index contributed by atoms with van der Waals surface area (Å²) >= 11 is 0. The van der Waals surface area contributed by atoms with E-state index in [9.17, 15) is 14.7 Å². The van der Waals surface area contributed by atoms with Crippen LogP contribution in [0.25, 0.3) is 0 Å². The second-order valence-corrected chi connectivity index (χ2v) is 10.7. The smallest absolute Gasteiger partial charge is 0.336 e. The molecule has 38 heavy (non-hydrogen) atoms. The van der Waals surface area contributed by atoms with E-state index in [4.69, 9.17) is 9.47 Å². The Labute approximate surface area is 228 Å². The fraction of sp³-hybridized carbons (Fsp3) is 0.455. The summed E-state index contributed by atoms with van der Waals surface area (Å²) in [4.78, 5) is 24.4. The van der Waals surface area contributed by atoms with Crippen LogP contribution < -0.4 is 0 Å². The Morgan fingerprint density at radius 1 is 0.895 bits per heavy atom. The van der Waals surface area contributed by atoms with E-state index >= 15 is 0 Å². The highest BCUT2D eigenvalue weighted by atomic mass is 16.5. The molecule has 0 amide bonds. The Morgan fingerprint density at radius 3 is 2.00 bits per heavy atom. The predicted octanol–water partition coefficient (Wildman–Crippen LogP) is 6.59. The number of ether oxygens (including phenoxy) is 2. The van der Waals surface area contributed by atoms with Gasteiger partial charge in [-0.3, -0.25) is 0 Å². The summed E-state index contributed by atoms with van der Waals surface area (Å²) in [6.45, 7) is 16.1. The highest BCUT2D eigenvalue weighted by molar-refractivity contribution is 5.89. The Morgan fingerprint density at radius 2 is 1.47 bits per heavy atom. The van der Waals surface area contributed by atoms with Gasteiger partial charge < -0.3 is 14.6 Å². The molecule has 2 rings (SSSR count). The van der Waals surface area contributed by atoms with Crippen molar-refractivity contribution in [2.24, 2.45) is 0 Å². The molecule has 1 unspecified atom stereocenters. The average Bonchev–Trinajstić information content (AvgIpc) is 2.87. The van der Waals surface area contributed by atoms with Crippen LogP contribution in [0.4, 0.5) is 0 Å². The molecule has 1 atom stereocenters. The second-order valence-electron chi connectivity index (χ2n) is 10.7. The molecule has 2 aromatic rings. The van der Waals surface area contributed by atoms with Gasteiger partial charge in [0.2, 0.25) is 0 Å². The molecule has 0 fully saturated rings. The third-order valence-electron chi connectivity index (χ3n) is 6.78. The minimum atomic E-state index is -1.38. The molecule has 0 saturated carbocycles. The first-order chi connectivity index (χ1) is 17.9. The van der Waals surface area contributed by atoms with Crippen molar-refractivity contribution in [3.8, 4) is 0 Å². The summed E-state index contributed by atoms with van der Waals surface area (Å²) < 4.78 is 10.8. The molecule has 0 aliphatic carbocycles. The number of aryl methyl sites for hydroxylation is 4. The number of rotatable bonds is 15. The van der Waals surface area contributed by atoms with E-state index in [0.29, 0.717) is 5.57 Å². The van der Waals surface area contributed by atoms with Gasteiger partial charge >= 0.3 is 11.9 Å². The van der Waals surface area contributed by atoms with Gasteiger partial charge in [-0.05, 0) is 81.2 Å². The molecule has 5 heteroatoms. The summed E-state index contributed by atoms with van der Waals surface area (Å²) in [6.07, 6.45) is 6.75. The van der Waals surface area contributed by atoms with Crippen molar-refractivity contribution >= 4 is 11.9 Å². The summed E-state index contributed by atoms with van der Waals surface area (Å²) in [5, 5.41) is 10.1. The van der Waals surface area contributed by atoms with Crippen LogP contribution in [-0.4, -0.2) is 35.9 Å². The predicted molar refractivity (Wildman–Crippen MR) is 153 cm³/mol. The van der Waals surface area contributed by atoms with Crippen molar-refractivity contribution in [2.45, 2.75) is 84.7 Å². The maximum atomic E-state index is 12.4. The van der Waals surface area contributed by atoms with Crippen LogP contribution in [0.15, 0.2) is 66.8 Å². The standard InChI is InChI=1S/C33H44O5/c1-8-9-10-11-26-12-14-27(15-13-26)16-17-28-18-19-29(20-24(28)4)30(21-37-31(34)23(2)3)22-38-32(35)25(5)33(6,7)36/h12-15,18-20,30,36H,2,5,8-11,16-17,21-22H2,1,3-4,6-7H3. The maximum absolute atomic E-state index is 12.4. The largest absolute Gasteiger partial charge is 0.462 e. The molecule has 0 spiro atoms. The van der Waals surface area contributed by atoms with E-state index < -0.39 is 17.5 Å². The number of carbonyl (C=O) groups excluding carboxylic acids is 2. The third-order valence-corrected chi connectivity index (χ3v) is 6.78. The second kappa shape index (κ2) is 14.7. The van der Waals surface area contributed by atoms with E-state index in [2.05, 4.69) is 63.4 Å². The van der Waals surface area contributed by atoms with Crippen LogP contribution >= 0.6 is 0 Å². The molecule has 0 heterocycles. The molecule has 2 aromatic carbocycles. The van der Waals surface area contributed by atoms with Gasteiger partial charge in [0, 0.05) is 5.57 Å². The number of unbranched alkanes of at least 4 members (excludes halogenated alkanes) is 2. The Kier molecular flexibility index (Phi) is 12.0. The monoisotopic (exact) mass is 520 g/mol. The minimum Gasteiger partial charge on any atom is -0.462 e. The van der Waals surface area contributed by atoms with Gasteiger partial charge in [-0.1, -0.05) is 75.4 Å². The lowest BCUT2D eigenvalue weighted by molar-refractivity contribution is -0.143. The van der Waals surface area contributed by atoms with E-state index in [1.807, 2.05) is 6.07 Å². The molecule has 1 N–H and O–H groups in total. The van der Waals surface area contributed by atoms with Gasteiger partial charge in [-0.2, -0.15) is 0 Å². The van der Waals surface area contributed by atoms with Crippen LogP contribution in [0.3, 0.4) is 0 Å². The minimum absolute atomic E-state index is 0.0131. The topological polar surface area (TPSA) is 72.8 Å². The number of hydrogen-bond donors (Lipinski definition) is 1. The first-order valence-corrected chi connectivity index (χ1v) is 13.5. The Hall–Kier alpha value is -3.18. The summed E-state index contributed by atoms with van der Waals surface area (Å²) in [5.74, 6) is -1.55. The van der Waals surface area contributed by atoms with Crippen molar-refractivity contribution in [2.75, 3.05) is 13.2 Å². The molecule has 0 bridgehead atoms. The van der Waals surface area contributed by atoms with Gasteiger partial charge in [0.05, 0.1) is 17.1 Å². The molecule has 0 aliphatic rings. The molecular formula is C33H44O5. The fourth-order valence-corrected chi connectivity index (χ4v) is 4.04. The Bertz CT molecular complexity index is 1110. The lowest BCUT2D eigenvalue weighted by Gasteiger charge is -2.22. The third kappa shape index (κ3) is 9.94. The molecule has 0 aromatic heterocycles. The van der Waals surface area contributed by atoms with Crippen molar-refractivity contribution in [3.05, 3.63) is 94.6 Å². The van der Waals surface area contributed by atoms with E-state index in [-0.39, 0.29) is 24.7 Å². The van der Waals surface area contributed by atoms with Crippen molar-refractivity contribution in [3.63, 3.8) is 0 Å². The zero-order chi connectivity index (χ0) is 28.3. The first-order valence-electron chi connectivity index (χ1n) is 13.5. The first kappa shape index (κ1) is 31.0. The molecular weight excluding hydrogens is 476 g/mol. The van der Waals surface area contributed by atoms with Crippen LogP contribution in [0.1, 0.15) is 80.7 Å². The van der Waals surface area contributed by atoms with Gasteiger partial charge in [0.25, 0.3) is 0 Å². The zero-order valence-electron chi connectivity index (χ0n) is 23.8. The lowest BCUT2D eigenvalue weighted by atomic mass is 9.93. The van der Waals surface area contributed by atoms with Gasteiger partial charge in [0.1, 0.15) is 13.2 Å². The fourth-order valence-electron chi connectivity index (χ4n) is 4.04. The van der Waals surface area contributed by atoms with E-state index in [1.54, 1.807) is 6.92 Å². The van der Waals surface area contributed by atoms with E-state index in [0.717, 1.165) is 30.4 Å². The molecule has 5 nitrogen and oxygen atoms in total. The highest BCUT2D eigenvalue weighted by Crippen LogP contribution is 2.24. The van der Waals surface area contributed by atoms with Crippen LogP contribution in [-0.2, 0) is 38.3 Å². The van der Waals surface area contributed by atoms with Crippen LogP contribution in [0.5, 0.6) is 0 Å². The normalized spacial score (nSPS) is 12.1. The number of benzene rings is 2. The number of hydrogen-bond acceptors (Lipinski definition) is 5. The quantitative estimate of drug-likeness (QED) is 0.163. The van der Waals surface area contributed by atoms with Crippen molar-refractivity contribution in [1.82, 2.24) is 0 Å². The maximum Gasteiger partial charge on any atom is 0.336 e. The number of carbonyl (C=O) groups is 2. The average molecular weight is 521 g/mol. The van der Waals surface area contributed by atoms with Crippen LogP contribution in [0, 0.1) is 6.92 Å². The van der Waals surface area contributed by atoms with Crippen molar-refractivity contribution < 1.29 is 24.2 Å². The SMILES string of the molecule is C=C(C)C(=O)OCC(COC(=O)C(=C)C(C)(C)O)c1ccc(CCc2ccc(CCCCC)cc2)c(C)c1. The summed E-state index contributed by atoms with van der Waals surface area (Å²) in [6, 6.07) is 15.1. The summed E-state index contributed by atoms with van der Waals surface area (Å²) in [7, 11) is 0. The van der Waals surface area contributed by atoms with Gasteiger partial charge in [-0.15, -0.1) is 0 Å². The zero-order valence-corrected chi connectivity index (χ0v) is 23.8. The van der Waals surface area contributed by atoms with E-state index in [1.165, 1.54) is 49.8 Å². The lowest BCUT2D eigenvalue weighted by Crippen LogP contribution is -2.29. The molecule has 0 radical (unpaired) electrons. The number of esters is 2. The van der Waals surface area contributed by atoms with Gasteiger partial charge in [0.15, 0.2) is 0 Å². The van der Waals surface area contributed by atoms with Crippen LogP contribution in [0.2, 0.25) is 0 Å².